The molecule has 1 atom stereocenters. The van der Waals surface area contributed by atoms with Gasteiger partial charge in [-0.3, -0.25) is 0 Å². The number of imidazole rings is 1. The Kier molecular flexibility index (Phi) is 3.76. The van der Waals surface area contributed by atoms with Crippen molar-refractivity contribution in [1.29, 1.82) is 0 Å². The molecule has 78 valence electrons. The highest BCUT2D eigenvalue weighted by atomic mass is 35.5. The Morgan fingerprint density at radius 1 is 1.50 bits per heavy atom. The fourth-order valence-corrected chi connectivity index (χ4v) is 1.27. The molecule has 0 fully saturated rings. The highest BCUT2D eigenvalue weighted by molar-refractivity contribution is 6.22. The van der Waals surface area contributed by atoms with Crippen LogP contribution in [0, 0.1) is 0 Å². The highest BCUT2D eigenvalue weighted by Gasteiger charge is 2.04. The van der Waals surface area contributed by atoms with Gasteiger partial charge in [-0.2, -0.15) is 0 Å². The fourth-order valence-electron chi connectivity index (χ4n) is 1.21. The monoisotopic (exact) mass is 212 g/mol. The second-order valence-electron chi connectivity index (χ2n) is 3.82. The van der Waals surface area contributed by atoms with Gasteiger partial charge in [-0.05, 0) is 33.8 Å². The first-order valence-electron chi connectivity index (χ1n) is 4.86. The average Bonchev–Trinajstić information content (AvgIpc) is 2.52. The predicted molar refractivity (Wildman–Crippen MR) is 61.6 cm³/mol. The lowest BCUT2D eigenvalue weighted by Gasteiger charge is -2.10. The Hall–Kier alpha value is -0.760. The molecule has 1 unspecified atom stereocenters. The van der Waals surface area contributed by atoms with Crippen LogP contribution in [0.1, 0.15) is 39.4 Å². The van der Waals surface area contributed by atoms with Crippen LogP contribution in [0.2, 0.25) is 0 Å². The van der Waals surface area contributed by atoms with Crippen molar-refractivity contribution in [3.8, 4) is 0 Å². The highest BCUT2D eigenvalue weighted by Crippen LogP contribution is 2.16. The van der Waals surface area contributed by atoms with E-state index in [4.69, 9.17) is 11.6 Å². The van der Waals surface area contributed by atoms with Gasteiger partial charge in [0, 0.05) is 6.04 Å². The molecule has 1 heterocycles. The van der Waals surface area contributed by atoms with E-state index in [1.807, 2.05) is 26.4 Å². The third-order valence-corrected chi connectivity index (χ3v) is 2.60. The van der Waals surface area contributed by atoms with E-state index < -0.39 is 0 Å². The molecule has 1 rings (SSSR count). The summed E-state index contributed by atoms with van der Waals surface area (Å²) in [6.45, 7) is 8.29. The standard InChI is InChI=1S/C11H17ClN2/c1-8(2)14-7-13-6-11(14)5-9(3)10(4)12/h5-8,10H,1-4H3/b9-5-. The second-order valence-corrected chi connectivity index (χ2v) is 4.48. The quantitative estimate of drug-likeness (QED) is 0.702. The van der Waals surface area contributed by atoms with Crippen LogP contribution in [0.4, 0.5) is 0 Å². The maximum Gasteiger partial charge on any atom is 0.0953 e. The Morgan fingerprint density at radius 3 is 2.64 bits per heavy atom. The van der Waals surface area contributed by atoms with Gasteiger partial charge in [-0.15, -0.1) is 11.6 Å². The Balaban J connectivity index is 2.96. The van der Waals surface area contributed by atoms with E-state index in [1.54, 1.807) is 0 Å². The molecule has 0 spiro atoms. The van der Waals surface area contributed by atoms with Crippen molar-refractivity contribution in [3.63, 3.8) is 0 Å². The van der Waals surface area contributed by atoms with Crippen LogP contribution in [0.25, 0.3) is 6.08 Å². The summed E-state index contributed by atoms with van der Waals surface area (Å²) in [6, 6.07) is 0.433. The molecule has 0 radical (unpaired) electrons. The van der Waals surface area contributed by atoms with Gasteiger partial charge in [0.15, 0.2) is 0 Å². The van der Waals surface area contributed by atoms with Crippen LogP contribution >= 0.6 is 11.6 Å². The van der Waals surface area contributed by atoms with E-state index in [0.717, 1.165) is 11.3 Å². The molecule has 0 aliphatic rings. The van der Waals surface area contributed by atoms with Crippen molar-refractivity contribution in [3.05, 3.63) is 23.8 Å². The van der Waals surface area contributed by atoms with E-state index in [9.17, 15) is 0 Å². The number of allylic oxidation sites excluding steroid dienone is 1. The second kappa shape index (κ2) is 4.65. The van der Waals surface area contributed by atoms with Gasteiger partial charge in [-0.25, -0.2) is 4.98 Å². The lowest BCUT2D eigenvalue weighted by Crippen LogP contribution is -2.02. The third kappa shape index (κ3) is 2.61. The summed E-state index contributed by atoms with van der Waals surface area (Å²) in [7, 11) is 0. The third-order valence-electron chi connectivity index (χ3n) is 2.26. The van der Waals surface area contributed by atoms with Crippen LogP contribution in [0.3, 0.4) is 0 Å². The van der Waals surface area contributed by atoms with Gasteiger partial charge in [-0.1, -0.05) is 5.57 Å². The first-order valence-corrected chi connectivity index (χ1v) is 5.30. The minimum Gasteiger partial charge on any atom is -0.329 e. The van der Waals surface area contributed by atoms with Crippen LogP contribution in [0.5, 0.6) is 0 Å². The first-order chi connectivity index (χ1) is 6.52. The summed E-state index contributed by atoms with van der Waals surface area (Å²) >= 11 is 5.98. The van der Waals surface area contributed by atoms with Crippen LogP contribution in [-0.4, -0.2) is 14.9 Å². The molecule has 0 saturated carbocycles. The van der Waals surface area contributed by atoms with Gasteiger partial charge in [0.1, 0.15) is 0 Å². The molecule has 0 bridgehead atoms. The number of aromatic nitrogens is 2. The molecule has 0 aliphatic carbocycles. The Labute approximate surface area is 90.6 Å². The minimum atomic E-state index is 0.0745. The van der Waals surface area contributed by atoms with E-state index in [1.165, 1.54) is 0 Å². The van der Waals surface area contributed by atoms with E-state index >= 15 is 0 Å². The van der Waals surface area contributed by atoms with Gasteiger partial charge in [0.05, 0.1) is 23.6 Å². The molecule has 14 heavy (non-hydrogen) atoms. The van der Waals surface area contributed by atoms with Crippen molar-refractivity contribution >= 4 is 17.7 Å². The van der Waals surface area contributed by atoms with Gasteiger partial charge in [0.25, 0.3) is 0 Å². The zero-order valence-electron chi connectivity index (χ0n) is 9.16. The Bertz CT molecular complexity index is 324. The van der Waals surface area contributed by atoms with Crippen LogP contribution < -0.4 is 0 Å². The van der Waals surface area contributed by atoms with Gasteiger partial charge >= 0.3 is 0 Å². The van der Waals surface area contributed by atoms with Crippen LogP contribution in [-0.2, 0) is 0 Å². The first kappa shape index (κ1) is 11.3. The number of hydrogen-bond donors (Lipinski definition) is 0. The summed E-state index contributed by atoms with van der Waals surface area (Å²) in [5.41, 5.74) is 2.28. The van der Waals surface area contributed by atoms with Crippen LogP contribution in [0.15, 0.2) is 18.1 Å². The van der Waals surface area contributed by atoms with Crippen molar-refractivity contribution in [2.75, 3.05) is 0 Å². The molecule has 0 aromatic carbocycles. The lowest BCUT2D eigenvalue weighted by molar-refractivity contribution is 0.595. The summed E-state index contributed by atoms with van der Waals surface area (Å²) in [6.07, 6.45) is 5.80. The molecule has 1 aromatic rings. The minimum absolute atomic E-state index is 0.0745. The summed E-state index contributed by atoms with van der Waals surface area (Å²) in [4.78, 5) is 4.13. The number of nitrogens with zero attached hydrogens (tertiary/aromatic N) is 2. The van der Waals surface area contributed by atoms with Crippen molar-refractivity contribution in [2.24, 2.45) is 0 Å². The van der Waals surface area contributed by atoms with Crippen molar-refractivity contribution in [2.45, 2.75) is 39.1 Å². The van der Waals surface area contributed by atoms with Crippen molar-refractivity contribution in [1.82, 2.24) is 9.55 Å². The summed E-state index contributed by atoms with van der Waals surface area (Å²) in [5, 5.41) is 0.0745. The molecule has 1 aromatic heterocycles. The maximum absolute atomic E-state index is 5.98. The lowest BCUT2D eigenvalue weighted by atomic mass is 10.2. The molecule has 0 amide bonds. The molecule has 3 heteroatoms. The fraction of sp³-hybridized carbons (Fsp3) is 0.545. The predicted octanol–water partition coefficient (Wildman–Crippen LogP) is 3.49. The average molecular weight is 213 g/mol. The van der Waals surface area contributed by atoms with Gasteiger partial charge < -0.3 is 4.57 Å². The molecule has 2 nitrogen and oxygen atoms in total. The zero-order chi connectivity index (χ0) is 10.7. The number of rotatable bonds is 3. The molecular weight excluding hydrogens is 196 g/mol. The van der Waals surface area contributed by atoms with E-state index in [-0.39, 0.29) is 5.38 Å². The zero-order valence-corrected chi connectivity index (χ0v) is 9.92. The largest absolute Gasteiger partial charge is 0.329 e. The smallest absolute Gasteiger partial charge is 0.0953 e. The summed E-state index contributed by atoms with van der Waals surface area (Å²) < 4.78 is 2.13. The Morgan fingerprint density at radius 2 is 2.14 bits per heavy atom. The molecule has 0 aliphatic heterocycles. The number of halogens is 1. The number of alkyl halides is 1. The van der Waals surface area contributed by atoms with E-state index in [0.29, 0.717) is 6.04 Å². The van der Waals surface area contributed by atoms with Gasteiger partial charge in [0.2, 0.25) is 0 Å². The molecule has 0 saturated heterocycles. The topological polar surface area (TPSA) is 17.8 Å². The number of hydrogen-bond acceptors (Lipinski definition) is 1. The normalized spacial score (nSPS) is 14.9. The summed E-state index contributed by atoms with van der Waals surface area (Å²) in [5.74, 6) is 0. The SMILES string of the molecule is C/C(=C/c1cncn1C(C)C)C(C)Cl. The molecule has 0 N–H and O–H groups in total. The van der Waals surface area contributed by atoms with Crippen molar-refractivity contribution < 1.29 is 0 Å². The molecular formula is C11H17ClN2. The maximum atomic E-state index is 5.98. The van der Waals surface area contributed by atoms with E-state index in [2.05, 4.69) is 29.5 Å².